The Balaban J connectivity index is 1.45. The molecule has 1 fully saturated rings. The lowest BCUT2D eigenvalue weighted by Crippen LogP contribution is -2.54. The van der Waals surface area contributed by atoms with Crippen LogP contribution in [-0.2, 0) is 20.8 Å². The molecule has 1 heterocycles. The molecule has 1 aliphatic heterocycles. The molecule has 2 aliphatic rings. The van der Waals surface area contributed by atoms with E-state index in [-0.39, 0.29) is 55.7 Å². The predicted octanol–water partition coefficient (Wildman–Crippen LogP) is 6.97. The Labute approximate surface area is 305 Å². The fraction of sp³-hybridized carbons (Fsp3) is 0.568. The summed E-state index contributed by atoms with van der Waals surface area (Å²) >= 11 is 5.90. The Morgan fingerprint density at radius 3 is 2.27 bits per heavy atom. The molecule has 52 heavy (non-hydrogen) atoms. The van der Waals surface area contributed by atoms with E-state index < -0.39 is 42.5 Å². The fourth-order valence-electron chi connectivity index (χ4n) is 6.94. The largest absolute Gasteiger partial charge is 0.476 e. The normalized spacial score (nSPS) is 18.6. The molecule has 2 aromatic carbocycles. The van der Waals surface area contributed by atoms with E-state index in [1.807, 2.05) is 13.8 Å². The van der Waals surface area contributed by atoms with Crippen molar-refractivity contribution in [2.45, 2.75) is 103 Å². The van der Waals surface area contributed by atoms with E-state index in [0.717, 1.165) is 4.90 Å². The van der Waals surface area contributed by atoms with Gasteiger partial charge in [-0.3, -0.25) is 19.2 Å². The number of halogens is 6. The zero-order valence-corrected chi connectivity index (χ0v) is 30.8. The average Bonchev–Trinajstić information content (AvgIpc) is 3.05. The average molecular weight is 757 g/mol. The van der Waals surface area contributed by atoms with Crippen molar-refractivity contribution < 1.29 is 45.9 Å². The van der Waals surface area contributed by atoms with E-state index in [1.165, 1.54) is 4.90 Å². The van der Waals surface area contributed by atoms with E-state index in [1.54, 1.807) is 62.1 Å². The molecular weight excluding hydrogens is 711 g/mol. The zero-order chi connectivity index (χ0) is 38.5. The number of amides is 4. The van der Waals surface area contributed by atoms with Gasteiger partial charge in [0.2, 0.25) is 5.91 Å². The summed E-state index contributed by atoms with van der Waals surface area (Å²) in [4.78, 5) is 56.0. The van der Waals surface area contributed by atoms with Gasteiger partial charge >= 0.3 is 12.6 Å². The van der Waals surface area contributed by atoms with Crippen molar-refractivity contribution in [1.29, 1.82) is 0 Å². The summed E-state index contributed by atoms with van der Waals surface area (Å²) in [6.45, 7) is 6.94. The number of ether oxygens (including phenoxy) is 1. The van der Waals surface area contributed by atoms with Gasteiger partial charge in [-0.1, -0.05) is 23.7 Å². The highest BCUT2D eigenvalue weighted by Crippen LogP contribution is 2.41. The van der Waals surface area contributed by atoms with Gasteiger partial charge in [0, 0.05) is 42.3 Å². The Morgan fingerprint density at radius 1 is 1.06 bits per heavy atom. The van der Waals surface area contributed by atoms with Crippen molar-refractivity contribution in [3.63, 3.8) is 0 Å². The summed E-state index contributed by atoms with van der Waals surface area (Å²) < 4.78 is 71.8. The number of hydrogen-bond acceptors (Lipinski definition) is 5. The SMILES string of the molecule is Cc1cc2c(cc1C(=O)N(C(C)C)[C@H]1CC[C@@H](CCN(CC(F)(F)F)C(=O)Cc3ccc(Cl)cc3)CC1)N(CCNC(=O)C(F)F)C(=O)C(C)(C)O2. The smallest absolute Gasteiger partial charge is 0.406 e. The van der Waals surface area contributed by atoms with Gasteiger partial charge in [0.1, 0.15) is 12.3 Å². The standard InChI is InChI=1S/C37H46ClF5N4O5/c1-22(2)47(27-12-8-24(9-13-27)14-16-45(21-37(41,42)43)31(48)19-25-6-10-26(38)11-7-25)34(50)28-20-29-30(18-23(28)3)52-36(4,5)35(51)46(29)17-15-44-33(49)32(39)40/h6-7,10-11,18,20,22,24,27,32H,8-9,12-17,19,21H2,1-5H3,(H,44,49)/t24-,27+. The van der Waals surface area contributed by atoms with E-state index >= 15 is 0 Å². The molecule has 0 saturated heterocycles. The van der Waals surface area contributed by atoms with Crippen molar-refractivity contribution in [2.24, 2.45) is 5.92 Å². The Bertz CT molecular complexity index is 1610. The third kappa shape index (κ3) is 10.3. The molecule has 2 aromatic rings. The van der Waals surface area contributed by atoms with Gasteiger partial charge in [-0.2, -0.15) is 22.0 Å². The molecule has 4 amide bonds. The first-order valence-corrected chi connectivity index (χ1v) is 17.8. The monoisotopic (exact) mass is 756 g/mol. The number of aryl methyl sites for hydroxylation is 1. The minimum atomic E-state index is -4.54. The molecule has 286 valence electrons. The lowest BCUT2D eigenvalue weighted by Gasteiger charge is -2.41. The number of hydrogen-bond donors (Lipinski definition) is 1. The first kappa shape index (κ1) is 40.8. The third-order valence-corrected chi connectivity index (χ3v) is 9.84. The summed E-state index contributed by atoms with van der Waals surface area (Å²) in [5, 5.41) is 2.57. The molecule has 0 unspecified atom stereocenters. The van der Waals surface area contributed by atoms with E-state index in [2.05, 4.69) is 5.32 Å². The second-order valence-corrected chi connectivity index (χ2v) is 14.7. The van der Waals surface area contributed by atoms with Crippen LogP contribution in [0.25, 0.3) is 0 Å². The van der Waals surface area contributed by atoms with Crippen molar-refractivity contribution in [1.82, 2.24) is 15.1 Å². The van der Waals surface area contributed by atoms with Gasteiger partial charge in [-0.05, 0) is 108 Å². The van der Waals surface area contributed by atoms with E-state index in [9.17, 15) is 41.1 Å². The van der Waals surface area contributed by atoms with E-state index in [4.69, 9.17) is 16.3 Å². The molecule has 0 atom stereocenters. The third-order valence-electron chi connectivity index (χ3n) is 9.58. The number of nitrogens with zero attached hydrogens (tertiary/aromatic N) is 3. The summed E-state index contributed by atoms with van der Waals surface area (Å²) in [5.74, 6) is -2.41. The molecule has 0 aromatic heterocycles. The number of anilines is 1. The van der Waals surface area contributed by atoms with Gasteiger partial charge in [-0.15, -0.1) is 0 Å². The first-order chi connectivity index (χ1) is 24.3. The van der Waals surface area contributed by atoms with E-state index in [0.29, 0.717) is 59.6 Å². The van der Waals surface area contributed by atoms with Crippen LogP contribution in [0.2, 0.25) is 5.02 Å². The maximum atomic E-state index is 14.2. The summed E-state index contributed by atoms with van der Waals surface area (Å²) in [5.41, 5.74) is 0.504. The molecule has 15 heteroatoms. The highest BCUT2D eigenvalue weighted by atomic mass is 35.5. The van der Waals surface area contributed by atoms with Crippen LogP contribution in [0.4, 0.5) is 27.6 Å². The Morgan fingerprint density at radius 2 is 1.69 bits per heavy atom. The molecule has 4 rings (SSSR count). The zero-order valence-electron chi connectivity index (χ0n) is 30.0. The van der Waals surface area contributed by atoms with Gasteiger partial charge < -0.3 is 24.8 Å². The van der Waals surface area contributed by atoms with Crippen LogP contribution in [0.5, 0.6) is 5.75 Å². The summed E-state index contributed by atoms with van der Waals surface area (Å²) in [6, 6.07) is 9.26. The maximum absolute atomic E-state index is 14.2. The Hall–Kier alpha value is -3.94. The highest BCUT2D eigenvalue weighted by Gasteiger charge is 2.42. The molecule has 9 nitrogen and oxygen atoms in total. The van der Waals surface area contributed by atoms with Crippen LogP contribution in [0.1, 0.15) is 81.3 Å². The quantitative estimate of drug-likeness (QED) is 0.223. The summed E-state index contributed by atoms with van der Waals surface area (Å²) in [7, 11) is 0. The number of nitrogens with one attached hydrogen (secondary N) is 1. The molecule has 0 radical (unpaired) electrons. The van der Waals surface area contributed by atoms with Gasteiger partial charge in [-0.25, -0.2) is 0 Å². The van der Waals surface area contributed by atoms with Crippen LogP contribution in [0, 0.1) is 12.8 Å². The molecular formula is C37H46ClF5N4O5. The van der Waals surface area contributed by atoms with Crippen molar-refractivity contribution in [2.75, 3.05) is 31.1 Å². The lowest BCUT2D eigenvalue weighted by atomic mass is 9.82. The van der Waals surface area contributed by atoms with Crippen molar-refractivity contribution >= 4 is 40.9 Å². The Kier molecular flexibility index (Phi) is 13.2. The second kappa shape index (κ2) is 16.8. The minimum Gasteiger partial charge on any atom is -0.476 e. The van der Waals surface area contributed by atoms with Crippen LogP contribution in [0.3, 0.4) is 0 Å². The number of fused-ring (bicyclic) bond motifs is 1. The van der Waals surface area contributed by atoms with Crippen LogP contribution >= 0.6 is 11.6 Å². The number of carbonyl (C=O) groups excluding carboxylic acids is 4. The predicted molar refractivity (Wildman–Crippen MR) is 187 cm³/mol. The number of rotatable bonds is 13. The topological polar surface area (TPSA) is 99.3 Å². The molecule has 1 N–H and O–H groups in total. The molecule has 0 bridgehead atoms. The highest BCUT2D eigenvalue weighted by molar-refractivity contribution is 6.30. The molecule has 1 aliphatic carbocycles. The van der Waals surface area contributed by atoms with Gasteiger partial charge in [0.15, 0.2) is 5.60 Å². The van der Waals surface area contributed by atoms with Crippen molar-refractivity contribution in [3.8, 4) is 5.75 Å². The number of carbonyl (C=O) groups is 4. The first-order valence-electron chi connectivity index (χ1n) is 17.4. The lowest BCUT2D eigenvalue weighted by molar-refractivity contribution is -0.161. The fourth-order valence-corrected chi connectivity index (χ4v) is 7.07. The van der Waals surface area contributed by atoms with Crippen LogP contribution < -0.4 is 15.0 Å². The van der Waals surface area contributed by atoms with Crippen LogP contribution in [-0.4, -0.2) is 89.9 Å². The molecule has 1 saturated carbocycles. The summed E-state index contributed by atoms with van der Waals surface area (Å²) in [6.07, 6.45) is -4.98. The minimum absolute atomic E-state index is 0.0394. The maximum Gasteiger partial charge on any atom is 0.406 e. The number of benzene rings is 2. The van der Waals surface area contributed by atoms with Crippen LogP contribution in [0.15, 0.2) is 36.4 Å². The molecule has 0 spiro atoms. The van der Waals surface area contributed by atoms with Crippen molar-refractivity contribution in [3.05, 3.63) is 58.1 Å². The second-order valence-electron chi connectivity index (χ2n) is 14.3. The van der Waals surface area contributed by atoms with Gasteiger partial charge in [0.25, 0.3) is 17.7 Å². The van der Waals surface area contributed by atoms with Gasteiger partial charge in [0.05, 0.1) is 12.1 Å². The number of alkyl halides is 5.